The van der Waals surface area contributed by atoms with Gasteiger partial charge in [0.1, 0.15) is 11.8 Å². The van der Waals surface area contributed by atoms with Crippen LogP contribution in [0.4, 0.5) is 11.4 Å². The Hall–Kier alpha value is -2.38. The minimum atomic E-state index is 0.423. The molecule has 35 heavy (non-hydrogen) atoms. The molecule has 1 aliphatic rings. The summed E-state index contributed by atoms with van der Waals surface area (Å²) in [5, 5.41) is 16.2. The number of fused-ring (bicyclic) bond motifs is 1. The van der Waals surface area contributed by atoms with Gasteiger partial charge in [-0.05, 0) is 30.6 Å². The number of ether oxygens (including phenoxy) is 1. The zero-order valence-electron chi connectivity index (χ0n) is 19.3. The summed E-state index contributed by atoms with van der Waals surface area (Å²) in [5.74, 6) is 0.500. The molecule has 0 bridgehead atoms. The Kier molecular flexibility index (Phi) is 7.17. The molecule has 0 amide bonds. The maximum atomic E-state index is 9.76. The number of anilines is 2. The van der Waals surface area contributed by atoms with Crippen LogP contribution in [0.2, 0.25) is 10.0 Å². The number of likely N-dealkylation sites (N-methyl/N-ethyl adjacent to an activating group) is 1. The minimum absolute atomic E-state index is 0.423. The van der Waals surface area contributed by atoms with Crippen molar-refractivity contribution < 1.29 is 4.74 Å². The first-order valence-corrected chi connectivity index (χ1v) is 13.5. The van der Waals surface area contributed by atoms with E-state index in [4.69, 9.17) is 27.9 Å². The van der Waals surface area contributed by atoms with Crippen LogP contribution in [0.3, 0.4) is 0 Å². The fourth-order valence-electron chi connectivity index (χ4n) is 4.06. The summed E-state index contributed by atoms with van der Waals surface area (Å²) < 4.78 is 6.24. The number of halogens is 2. The predicted octanol–water partition coefficient (Wildman–Crippen LogP) is 6.70. The Morgan fingerprint density at radius 2 is 1.94 bits per heavy atom. The average Bonchev–Trinajstić information content (AvgIpc) is 3.49. The number of benzene rings is 1. The lowest BCUT2D eigenvalue weighted by atomic mass is 10.2. The third kappa shape index (κ3) is 5.12. The maximum Gasteiger partial charge on any atom is 0.139 e. The number of thiophene rings is 2. The summed E-state index contributed by atoms with van der Waals surface area (Å²) in [5.41, 5.74) is 3.73. The second-order valence-corrected chi connectivity index (χ2v) is 11.3. The molecule has 1 aliphatic heterocycles. The Morgan fingerprint density at radius 3 is 2.69 bits per heavy atom. The van der Waals surface area contributed by atoms with Crippen LogP contribution in [0.15, 0.2) is 35.8 Å². The molecule has 4 heterocycles. The monoisotopic (exact) mass is 543 g/mol. The Labute approximate surface area is 222 Å². The van der Waals surface area contributed by atoms with Crippen LogP contribution in [0.1, 0.15) is 10.4 Å². The Bertz CT molecular complexity index is 1420. The number of methoxy groups -OCH3 is 1. The zero-order chi connectivity index (χ0) is 24.5. The van der Waals surface area contributed by atoms with Crippen LogP contribution in [-0.2, 0) is 6.54 Å². The van der Waals surface area contributed by atoms with Crippen molar-refractivity contribution in [1.29, 1.82) is 5.26 Å². The van der Waals surface area contributed by atoms with E-state index in [2.05, 4.69) is 50.7 Å². The van der Waals surface area contributed by atoms with E-state index in [0.717, 1.165) is 47.8 Å². The summed E-state index contributed by atoms with van der Waals surface area (Å²) in [4.78, 5) is 11.9. The molecule has 0 unspecified atom stereocenters. The smallest absolute Gasteiger partial charge is 0.139 e. The standard InChI is InChI=1S/C25H23Cl2N5OS2/c1-31-3-5-32(6-4-31)13-17-7-15(14-34-17)23-10-21-25(35-23)24(16(11-28)12-29-21)30-20-9-22(33-2)19(27)8-18(20)26/h7-10,12,14H,3-6,13H2,1-2H3,(H,29,30). The molecular weight excluding hydrogens is 521 g/mol. The van der Waals surface area contributed by atoms with Crippen molar-refractivity contribution in [1.82, 2.24) is 14.8 Å². The van der Waals surface area contributed by atoms with Crippen molar-refractivity contribution in [3.05, 3.63) is 56.3 Å². The fourth-order valence-corrected chi connectivity index (χ4v) is 6.68. The molecule has 6 nitrogen and oxygen atoms in total. The van der Waals surface area contributed by atoms with Crippen molar-refractivity contribution >= 4 is 67.5 Å². The van der Waals surface area contributed by atoms with E-state index in [1.54, 1.807) is 48.1 Å². The van der Waals surface area contributed by atoms with Gasteiger partial charge in [0, 0.05) is 60.3 Å². The number of aromatic nitrogens is 1. The van der Waals surface area contributed by atoms with E-state index in [9.17, 15) is 5.26 Å². The van der Waals surface area contributed by atoms with E-state index >= 15 is 0 Å². The highest BCUT2D eigenvalue weighted by Gasteiger charge is 2.18. The highest BCUT2D eigenvalue weighted by Crippen LogP contribution is 2.42. The molecule has 1 N–H and O–H groups in total. The molecule has 180 valence electrons. The van der Waals surface area contributed by atoms with E-state index in [1.165, 1.54) is 10.4 Å². The molecule has 5 rings (SSSR count). The first-order valence-electron chi connectivity index (χ1n) is 11.1. The van der Waals surface area contributed by atoms with E-state index in [1.807, 2.05) is 0 Å². The number of pyridine rings is 1. The number of nitrogens with zero attached hydrogens (tertiary/aromatic N) is 4. The maximum absolute atomic E-state index is 9.76. The number of nitriles is 1. The molecule has 4 aromatic rings. The van der Waals surface area contributed by atoms with Crippen molar-refractivity contribution in [3.8, 4) is 22.3 Å². The van der Waals surface area contributed by atoms with Gasteiger partial charge in [0.15, 0.2) is 0 Å². The minimum Gasteiger partial charge on any atom is -0.495 e. The molecular formula is C25H23Cl2N5OS2. The molecule has 0 saturated carbocycles. The number of nitrogens with one attached hydrogen (secondary N) is 1. The number of hydrogen-bond acceptors (Lipinski definition) is 8. The SMILES string of the molecule is COc1cc(Nc2c(C#N)cnc3cc(-c4csc(CN5CCN(C)CC5)c4)sc23)c(Cl)cc1Cl. The van der Waals surface area contributed by atoms with Gasteiger partial charge in [-0.15, -0.1) is 22.7 Å². The van der Waals surface area contributed by atoms with Gasteiger partial charge >= 0.3 is 0 Å². The summed E-state index contributed by atoms with van der Waals surface area (Å²) >= 11 is 16.0. The van der Waals surface area contributed by atoms with Gasteiger partial charge in [0.05, 0.1) is 44.3 Å². The normalized spacial score (nSPS) is 14.8. The lowest BCUT2D eigenvalue weighted by Crippen LogP contribution is -2.43. The molecule has 10 heteroatoms. The molecule has 1 fully saturated rings. The van der Waals surface area contributed by atoms with Gasteiger partial charge in [-0.3, -0.25) is 9.88 Å². The number of hydrogen-bond donors (Lipinski definition) is 1. The topological polar surface area (TPSA) is 64.4 Å². The van der Waals surface area contributed by atoms with Gasteiger partial charge in [-0.2, -0.15) is 5.26 Å². The van der Waals surface area contributed by atoms with Crippen LogP contribution >= 0.6 is 45.9 Å². The van der Waals surface area contributed by atoms with Crippen LogP contribution in [0.5, 0.6) is 5.75 Å². The first kappa shape index (κ1) is 24.3. The molecule has 0 atom stereocenters. The second-order valence-electron chi connectivity index (χ2n) is 8.46. The first-order chi connectivity index (χ1) is 16.9. The summed E-state index contributed by atoms with van der Waals surface area (Å²) in [6.07, 6.45) is 1.59. The van der Waals surface area contributed by atoms with Crippen molar-refractivity contribution in [3.63, 3.8) is 0 Å². The zero-order valence-corrected chi connectivity index (χ0v) is 22.4. The lowest BCUT2D eigenvalue weighted by molar-refractivity contribution is 0.149. The van der Waals surface area contributed by atoms with Crippen molar-refractivity contribution in [2.45, 2.75) is 6.54 Å². The summed E-state index contributed by atoms with van der Waals surface area (Å²) in [6, 6.07) is 9.95. The van der Waals surface area contributed by atoms with Gasteiger partial charge in [0.2, 0.25) is 0 Å². The van der Waals surface area contributed by atoms with Crippen molar-refractivity contribution in [2.24, 2.45) is 0 Å². The quantitative estimate of drug-likeness (QED) is 0.291. The Morgan fingerprint density at radius 1 is 1.14 bits per heavy atom. The number of rotatable bonds is 6. The number of piperazine rings is 1. The van der Waals surface area contributed by atoms with Gasteiger partial charge < -0.3 is 15.0 Å². The van der Waals surface area contributed by atoms with Crippen LogP contribution in [0.25, 0.3) is 20.7 Å². The van der Waals surface area contributed by atoms with Crippen LogP contribution in [0, 0.1) is 11.3 Å². The van der Waals surface area contributed by atoms with Crippen LogP contribution in [-0.4, -0.2) is 55.1 Å². The van der Waals surface area contributed by atoms with E-state index in [-0.39, 0.29) is 0 Å². The Balaban J connectivity index is 1.46. The van der Waals surface area contributed by atoms with Crippen LogP contribution < -0.4 is 10.1 Å². The highest BCUT2D eigenvalue weighted by molar-refractivity contribution is 7.23. The molecule has 0 aliphatic carbocycles. The van der Waals surface area contributed by atoms with Gasteiger partial charge in [0.25, 0.3) is 0 Å². The van der Waals surface area contributed by atoms with Crippen molar-refractivity contribution in [2.75, 3.05) is 45.7 Å². The van der Waals surface area contributed by atoms with Gasteiger partial charge in [-0.25, -0.2) is 0 Å². The third-order valence-electron chi connectivity index (χ3n) is 6.08. The lowest BCUT2D eigenvalue weighted by Gasteiger charge is -2.31. The summed E-state index contributed by atoms with van der Waals surface area (Å²) in [6.45, 7) is 5.40. The van der Waals surface area contributed by atoms with E-state index < -0.39 is 0 Å². The molecule has 1 saturated heterocycles. The fraction of sp³-hybridized carbons (Fsp3) is 0.280. The predicted molar refractivity (Wildman–Crippen MR) is 147 cm³/mol. The highest BCUT2D eigenvalue weighted by atomic mass is 35.5. The summed E-state index contributed by atoms with van der Waals surface area (Å²) in [7, 11) is 3.73. The second kappa shape index (κ2) is 10.3. The third-order valence-corrected chi connectivity index (χ3v) is 8.80. The molecule has 0 spiro atoms. The molecule has 1 aromatic carbocycles. The van der Waals surface area contributed by atoms with Gasteiger partial charge in [-0.1, -0.05) is 23.2 Å². The van der Waals surface area contributed by atoms with E-state index in [0.29, 0.717) is 32.7 Å². The largest absolute Gasteiger partial charge is 0.495 e. The molecule has 3 aromatic heterocycles. The average molecular weight is 545 g/mol. The molecule has 0 radical (unpaired) electrons.